The van der Waals surface area contributed by atoms with E-state index in [1.165, 1.54) is 5.56 Å². The van der Waals surface area contributed by atoms with Gasteiger partial charge in [0.05, 0.1) is 6.10 Å². The van der Waals surface area contributed by atoms with E-state index in [-0.39, 0.29) is 0 Å². The van der Waals surface area contributed by atoms with Crippen molar-refractivity contribution in [3.8, 4) is 0 Å². The van der Waals surface area contributed by atoms with Crippen molar-refractivity contribution in [3.63, 3.8) is 0 Å². The van der Waals surface area contributed by atoms with E-state index in [0.29, 0.717) is 12.1 Å². The van der Waals surface area contributed by atoms with E-state index in [2.05, 4.69) is 34.2 Å². The fraction of sp³-hybridized carbons (Fsp3) is 0.538. The zero-order chi connectivity index (χ0) is 12.3. The van der Waals surface area contributed by atoms with Gasteiger partial charge in [-0.25, -0.2) is 0 Å². The van der Waals surface area contributed by atoms with Crippen LogP contribution in [0.4, 0.5) is 0 Å². The van der Waals surface area contributed by atoms with Gasteiger partial charge >= 0.3 is 0 Å². The summed E-state index contributed by atoms with van der Waals surface area (Å²) in [6.07, 6.45) is 2.55. The molecule has 1 aromatic carbocycles. The molecule has 0 spiro atoms. The Morgan fingerprint density at radius 1 is 1.53 bits per heavy atom. The van der Waals surface area contributed by atoms with Gasteiger partial charge in [-0.2, -0.15) is 0 Å². The first-order chi connectivity index (χ1) is 8.15. The first kappa shape index (κ1) is 13.3. The summed E-state index contributed by atoms with van der Waals surface area (Å²) in [6, 6.07) is 6.48. The molecule has 0 aromatic heterocycles. The highest BCUT2D eigenvalue weighted by Crippen LogP contribution is 2.22. The van der Waals surface area contributed by atoms with E-state index in [1.807, 2.05) is 12.1 Å². The highest BCUT2D eigenvalue weighted by molar-refractivity contribution is 9.10. The molecular formula is C13H17BrClNO. The fourth-order valence-corrected chi connectivity index (χ4v) is 2.93. The second-order valence-electron chi connectivity index (χ2n) is 4.52. The second kappa shape index (κ2) is 6.19. The monoisotopic (exact) mass is 317 g/mol. The lowest BCUT2D eigenvalue weighted by atomic mass is 10.0. The Kier molecular flexibility index (Phi) is 4.86. The van der Waals surface area contributed by atoms with E-state index >= 15 is 0 Å². The molecule has 1 aromatic rings. The van der Waals surface area contributed by atoms with Gasteiger partial charge in [0.25, 0.3) is 0 Å². The van der Waals surface area contributed by atoms with E-state index < -0.39 is 0 Å². The molecule has 2 nitrogen and oxygen atoms in total. The smallest absolute Gasteiger partial charge is 0.0561 e. The summed E-state index contributed by atoms with van der Waals surface area (Å²) < 4.78 is 6.60. The molecule has 1 aliphatic rings. The number of ether oxygens (including phenoxy) is 1. The SMILES string of the molecule is CC1CC(NCc2ccc(Cl)cc2Br)CCO1. The van der Waals surface area contributed by atoms with Gasteiger partial charge in [0.2, 0.25) is 0 Å². The minimum absolute atomic E-state index is 0.370. The zero-order valence-corrected chi connectivity index (χ0v) is 12.2. The van der Waals surface area contributed by atoms with Crippen LogP contribution in [0.15, 0.2) is 22.7 Å². The molecule has 2 rings (SSSR count). The molecule has 1 saturated heterocycles. The van der Waals surface area contributed by atoms with E-state index in [0.717, 1.165) is 35.5 Å². The Morgan fingerprint density at radius 2 is 2.35 bits per heavy atom. The van der Waals surface area contributed by atoms with Gasteiger partial charge in [0, 0.05) is 28.7 Å². The lowest BCUT2D eigenvalue weighted by Crippen LogP contribution is -2.37. The fourth-order valence-electron chi connectivity index (χ4n) is 2.10. The van der Waals surface area contributed by atoms with Crippen molar-refractivity contribution in [2.24, 2.45) is 0 Å². The van der Waals surface area contributed by atoms with Crippen molar-refractivity contribution in [1.29, 1.82) is 0 Å². The summed E-state index contributed by atoms with van der Waals surface area (Å²) in [4.78, 5) is 0. The lowest BCUT2D eigenvalue weighted by Gasteiger charge is -2.28. The predicted molar refractivity (Wildman–Crippen MR) is 74.4 cm³/mol. The molecule has 1 fully saturated rings. The highest BCUT2D eigenvalue weighted by atomic mass is 79.9. The van der Waals surface area contributed by atoms with Crippen LogP contribution in [0.2, 0.25) is 5.02 Å². The van der Waals surface area contributed by atoms with E-state index in [1.54, 1.807) is 0 Å². The largest absolute Gasteiger partial charge is 0.378 e. The van der Waals surface area contributed by atoms with E-state index in [4.69, 9.17) is 16.3 Å². The zero-order valence-electron chi connectivity index (χ0n) is 9.88. The molecule has 94 valence electrons. The molecule has 0 radical (unpaired) electrons. The number of hydrogen-bond acceptors (Lipinski definition) is 2. The molecule has 1 aliphatic heterocycles. The molecule has 0 aliphatic carbocycles. The standard InChI is InChI=1S/C13H17BrClNO/c1-9-6-12(4-5-17-9)16-8-10-2-3-11(15)7-13(10)14/h2-3,7,9,12,16H,4-6,8H2,1H3. The van der Waals surface area contributed by atoms with Crippen molar-refractivity contribution < 1.29 is 4.74 Å². The first-order valence-corrected chi connectivity index (χ1v) is 7.11. The van der Waals surface area contributed by atoms with Crippen LogP contribution in [0, 0.1) is 0 Å². The van der Waals surface area contributed by atoms with E-state index in [9.17, 15) is 0 Å². The Morgan fingerprint density at radius 3 is 3.06 bits per heavy atom. The second-order valence-corrected chi connectivity index (χ2v) is 5.81. The van der Waals surface area contributed by atoms with Crippen molar-refractivity contribution in [3.05, 3.63) is 33.3 Å². The summed E-state index contributed by atoms with van der Waals surface area (Å²) in [7, 11) is 0. The third kappa shape index (κ3) is 3.95. The Balaban J connectivity index is 1.88. The predicted octanol–water partition coefficient (Wildman–Crippen LogP) is 3.76. The van der Waals surface area contributed by atoms with Gasteiger partial charge in [0.1, 0.15) is 0 Å². The van der Waals surface area contributed by atoms with Crippen LogP contribution in [0.3, 0.4) is 0 Å². The van der Waals surface area contributed by atoms with Crippen molar-refractivity contribution >= 4 is 27.5 Å². The minimum Gasteiger partial charge on any atom is -0.378 e. The average molecular weight is 319 g/mol. The molecule has 1 heterocycles. The molecule has 4 heteroatoms. The average Bonchev–Trinajstić information content (AvgIpc) is 2.28. The molecule has 0 saturated carbocycles. The maximum Gasteiger partial charge on any atom is 0.0561 e. The summed E-state index contributed by atoms with van der Waals surface area (Å²) in [6.45, 7) is 3.86. The van der Waals surface area contributed by atoms with Crippen LogP contribution >= 0.6 is 27.5 Å². The quantitative estimate of drug-likeness (QED) is 0.916. The number of nitrogens with one attached hydrogen (secondary N) is 1. The Bertz CT molecular complexity index is 386. The number of halogens is 2. The van der Waals surface area contributed by atoms with Crippen molar-refractivity contribution in [2.75, 3.05) is 6.61 Å². The van der Waals surface area contributed by atoms with Gasteiger partial charge in [-0.15, -0.1) is 0 Å². The van der Waals surface area contributed by atoms with Crippen LogP contribution < -0.4 is 5.32 Å². The third-order valence-corrected chi connectivity index (χ3v) is 4.05. The van der Waals surface area contributed by atoms with Crippen molar-refractivity contribution in [1.82, 2.24) is 5.32 Å². The number of benzene rings is 1. The lowest BCUT2D eigenvalue weighted by molar-refractivity contribution is 0.0130. The van der Waals surface area contributed by atoms with Gasteiger partial charge in [-0.05, 0) is 37.5 Å². The summed E-state index contributed by atoms with van der Waals surface area (Å²) >= 11 is 9.45. The Hall–Kier alpha value is -0.0900. The summed E-state index contributed by atoms with van der Waals surface area (Å²) in [5.41, 5.74) is 1.24. The molecule has 2 atom stereocenters. The van der Waals surface area contributed by atoms with Crippen LogP contribution in [-0.2, 0) is 11.3 Å². The maximum absolute atomic E-state index is 5.92. The first-order valence-electron chi connectivity index (χ1n) is 5.94. The molecule has 1 N–H and O–H groups in total. The normalized spacial score (nSPS) is 24.9. The van der Waals surface area contributed by atoms with Gasteiger partial charge in [-0.1, -0.05) is 33.6 Å². The third-order valence-electron chi connectivity index (χ3n) is 3.08. The van der Waals surface area contributed by atoms with Crippen LogP contribution in [0.1, 0.15) is 25.3 Å². The molecule has 0 bridgehead atoms. The van der Waals surface area contributed by atoms with Crippen LogP contribution in [-0.4, -0.2) is 18.8 Å². The maximum atomic E-state index is 5.92. The number of rotatable bonds is 3. The molecule has 17 heavy (non-hydrogen) atoms. The van der Waals surface area contributed by atoms with Gasteiger partial charge < -0.3 is 10.1 Å². The Labute approximate surface area is 116 Å². The number of hydrogen-bond donors (Lipinski definition) is 1. The summed E-state index contributed by atoms with van der Waals surface area (Å²) in [5, 5.41) is 4.34. The topological polar surface area (TPSA) is 21.3 Å². The van der Waals surface area contributed by atoms with Crippen LogP contribution in [0.5, 0.6) is 0 Å². The molecule has 0 amide bonds. The highest BCUT2D eigenvalue weighted by Gasteiger charge is 2.18. The van der Waals surface area contributed by atoms with Crippen LogP contribution in [0.25, 0.3) is 0 Å². The molecule has 2 unspecified atom stereocenters. The molecular weight excluding hydrogens is 302 g/mol. The van der Waals surface area contributed by atoms with Gasteiger partial charge in [0.15, 0.2) is 0 Å². The summed E-state index contributed by atoms with van der Waals surface area (Å²) in [5.74, 6) is 0. The van der Waals surface area contributed by atoms with Gasteiger partial charge in [-0.3, -0.25) is 0 Å². The van der Waals surface area contributed by atoms with Crippen molar-refractivity contribution in [2.45, 2.75) is 38.5 Å². The minimum atomic E-state index is 0.370.